The van der Waals surface area contributed by atoms with Gasteiger partial charge >= 0.3 is 6.18 Å². The second-order valence-electron chi connectivity index (χ2n) is 7.41. The minimum absolute atomic E-state index is 0.0152. The number of hydrogen-bond acceptors (Lipinski definition) is 5. The zero-order chi connectivity index (χ0) is 25.3. The van der Waals surface area contributed by atoms with E-state index < -0.39 is 35.0 Å². The van der Waals surface area contributed by atoms with Gasteiger partial charge in [-0.3, -0.25) is 9.89 Å². The fourth-order valence-electron chi connectivity index (χ4n) is 3.19. The van der Waals surface area contributed by atoms with Gasteiger partial charge in [-0.1, -0.05) is 0 Å². The fourth-order valence-corrected chi connectivity index (χ4v) is 3.19. The van der Waals surface area contributed by atoms with Gasteiger partial charge in [0.2, 0.25) is 5.95 Å². The number of amides is 1. The molecule has 4 aromatic rings. The van der Waals surface area contributed by atoms with Crippen molar-refractivity contribution in [1.29, 1.82) is 0 Å². The van der Waals surface area contributed by atoms with Crippen LogP contribution in [0.25, 0.3) is 11.4 Å². The molecule has 12 heteroatoms. The molecular formula is C23H16F5N5O2. The van der Waals surface area contributed by atoms with Crippen LogP contribution in [0.1, 0.15) is 21.5 Å². The molecule has 1 amide bonds. The topological polar surface area (TPSA) is 106 Å². The Morgan fingerprint density at radius 1 is 1.03 bits per heavy atom. The minimum atomic E-state index is -4.70. The summed E-state index contributed by atoms with van der Waals surface area (Å²) in [5.41, 5.74) is 4.54. The predicted molar refractivity (Wildman–Crippen MR) is 117 cm³/mol. The number of benzene rings is 3. The first-order valence-corrected chi connectivity index (χ1v) is 9.95. The first kappa shape index (κ1) is 23.7. The number of rotatable bonds is 5. The number of aromatic amines is 1. The number of aryl methyl sites for hydroxylation is 1. The van der Waals surface area contributed by atoms with Gasteiger partial charge in [0.05, 0.1) is 16.7 Å². The van der Waals surface area contributed by atoms with Gasteiger partial charge in [0.25, 0.3) is 5.91 Å². The number of alkyl halides is 3. The molecular weight excluding hydrogens is 473 g/mol. The van der Waals surface area contributed by atoms with Crippen molar-refractivity contribution < 1.29 is 31.5 Å². The van der Waals surface area contributed by atoms with E-state index in [1.165, 1.54) is 25.1 Å². The van der Waals surface area contributed by atoms with E-state index >= 15 is 0 Å². The van der Waals surface area contributed by atoms with Crippen LogP contribution in [0.3, 0.4) is 0 Å². The summed E-state index contributed by atoms with van der Waals surface area (Å²) in [5.74, 6) is -2.51. The summed E-state index contributed by atoms with van der Waals surface area (Å²) in [5, 5.41) is 8.56. The first-order valence-electron chi connectivity index (χ1n) is 9.95. The van der Waals surface area contributed by atoms with Crippen molar-refractivity contribution >= 4 is 17.5 Å². The molecule has 4 N–H and O–H groups in total. The average molecular weight is 489 g/mol. The summed E-state index contributed by atoms with van der Waals surface area (Å²) in [4.78, 5) is 16.8. The van der Waals surface area contributed by atoms with E-state index in [0.717, 1.165) is 30.3 Å². The molecule has 1 aromatic heterocycles. The maximum atomic E-state index is 14.3. The molecule has 0 aliphatic heterocycles. The highest BCUT2D eigenvalue weighted by Gasteiger charge is 2.32. The third-order valence-electron chi connectivity index (χ3n) is 4.89. The Kier molecular flexibility index (Phi) is 6.12. The highest BCUT2D eigenvalue weighted by Crippen LogP contribution is 2.36. The number of anilines is 2. The molecule has 0 aliphatic carbocycles. The van der Waals surface area contributed by atoms with Crippen molar-refractivity contribution in [3.63, 3.8) is 0 Å². The third-order valence-corrected chi connectivity index (χ3v) is 4.89. The molecule has 0 saturated heterocycles. The number of halogens is 5. The smallest absolute Gasteiger partial charge is 0.416 e. The molecule has 1 heterocycles. The Morgan fingerprint density at radius 2 is 1.80 bits per heavy atom. The van der Waals surface area contributed by atoms with E-state index in [9.17, 15) is 26.7 Å². The number of nitrogens with two attached hydrogens (primary N) is 1. The highest BCUT2D eigenvalue weighted by molar-refractivity contribution is 6.06. The second kappa shape index (κ2) is 9.05. The van der Waals surface area contributed by atoms with Gasteiger partial charge in [-0.05, 0) is 67.1 Å². The summed E-state index contributed by atoms with van der Waals surface area (Å²) in [7, 11) is 0. The van der Waals surface area contributed by atoms with Crippen LogP contribution in [0.15, 0.2) is 54.6 Å². The van der Waals surface area contributed by atoms with Crippen LogP contribution in [0.4, 0.5) is 33.6 Å². The van der Waals surface area contributed by atoms with Crippen LogP contribution in [-0.2, 0) is 6.18 Å². The number of aromatic nitrogens is 3. The lowest BCUT2D eigenvalue weighted by Gasteiger charge is -2.16. The third kappa shape index (κ3) is 5.21. The first-order chi connectivity index (χ1) is 16.5. The monoisotopic (exact) mass is 489 g/mol. The van der Waals surface area contributed by atoms with E-state index in [4.69, 9.17) is 10.5 Å². The molecule has 0 spiro atoms. The molecule has 0 atom stereocenters. The number of nitrogens with zero attached hydrogens (tertiary/aromatic N) is 2. The molecule has 3 aromatic carbocycles. The van der Waals surface area contributed by atoms with Gasteiger partial charge in [0.15, 0.2) is 5.82 Å². The van der Waals surface area contributed by atoms with Gasteiger partial charge in [-0.15, -0.1) is 5.10 Å². The number of nitrogens with one attached hydrogen (secondary N) is 2. The van der Waals surface area contributed by atoms with Crippen molar-refractivity contribution in [2.45, 2.75) is 13.1 Å². The van der Waals surface area contributed by atoms with Gasteiger partial charge in [-0.25, -0.2) is 8.78 Å². The summed E-state index contributed by atoms with van der Waals surface area (Å²) in [6.45, 7) is 1.50. The van der Waals surface area contributed by atoms with E-state index in [-0.39, 0.29) is 34.3 Å². The molecule has 4 rings (SSSR count). The molecule has 0 aliphatic rings. The predicted octanol–water partition coefficient (Wildman–Crippen LogP) is 5.70. The summed E-state index contributed by atoms with van der Waals surface area (Å²) in [6.07, 6.45) is -4.70. The molecule has 35 heavy (non-hydrogen) atoms. The van der Waals surface area contributed by atoms with Crippen LogP contribution in [0.5, 0.6) is 11.5 Å². The summed E-state index contributed by atoms with van der Waals surface area (Å²) in [6, 6.07) is 9.38. The number of H-pyrrole nitrogens is 1. The van der Waals surface area contributed by atoms with E-state index in [1.807, 2.05) is 0 Å². The Hall–Kier alpha value is -4.48. The molecule has 0 radical (unpaired) electrons. The van der Waals surface area contributed by atoms with Gasteiger partial charge in [0, 0.05) is 5.69 Å². The van der Waals surface area contributed by atoms with Crippen molar-refractivity contribution in [3.8, 4) is 22.9 Å². The maximum Gasteiger partial charge on any atom is 0.416 e. The van der Waals surface area contributed by atoms with Crippen molar-refractivity contribution in [1.82, 2.24) is 15.2 Å². The highest BCUT2D eigenvalue weighted by atomic mass is 19.4. The van der Waals surface area contributed by atoms with Crippen LogP contribution in [0, 0.1) is 18.6 Å². The van der Waals surface area contributed by atoms with Gasteiger partial charge < -0.3 is 15.8 Å². The number of carbonyl (C=O) groups is 1. The lowest BCUT2D eigenvalue weighted by atomic mass is 10.1. The molecule has 0 unspecified atom stereocenters. The van der Waals surface area contributed by atoms with Crippen LogP contribution >= 0.6 is 0 Å². The molecule has 7 nitrogen and oxygen atoms in total. The molecule has 0 fully saturated rings. The number of carbonyl (C=O) groups excluding carboxylic acids is 1. The number of nitrogen functional groups attached to an aromatic ring is 1. The molecule has 0 saturated carbocycles. The van der Waals surface area contributed by atoms with Crippen LogP contribution in [0.2, 0.25) is 0 Å². The van der Waals surface area contributed by atoms with E-state index in [1.54, 1.807) is 0 Å². The second-order valence-corrected chi connectivity index (χ2v) is 7.41. The maximum absolute atomic E-state index is 14.3. The number of hydrogen-bond donors (Lipinski definition) is 3. The Bertz CT molecular complexity index is 1420. The average Bonchev–Trinajstić information content (AvgIpc) is 3.22. The largest absolute Gasteiger partial charge is 0.456 e. The zero-order valence-corrected chi connectivity index (χ0v) is 17.9. The van der Waals surface area contributed by atoms with E-state index in [2.05, 4.69) is 20.5 Å². The Morgan fingerprint density at radius 3 is 2.46 bits per heavy atom. The molecule has 0 bridgehead atoms. The summed E-state index contributed by atoms with van der Waals surface area (Å²) < 4.78 is 73.2. The zero-order valence-electron chi connectivity index (χ0n) is 17.9. The van der Waals surface area contributed by atoms with Crippen molar-refractivity contribution in [3.05, 3.63) is 82.9 Å². The SMILES string of the molecule is Cc1cc(F)ccc1Oc1cc(C(F)(F)F)ccc1C(=O)Nc1ccc(F)c(-c2nc(N)n[nH]2)c1. The van der Waals surface area contributed by atoms with Crippen LogP contribution < -0.4 is 15.8 Å². The quantitative estimate of drug-likeness (QED) is 0.312. The standard InChI is InChI=1S/C23H16F5N5O2/c1-11-8-13(24)3-7-18(11)35-19-9-12(23(26,27)28)2-5-15(19)21(34)30-14-4-6-17(25)16(10-14)20-31-22(29)33-32-20/h2-10H,1H3,(H,30,34)(H3,29,31,32,33). The fraction of sp³-hybridized carbons (Fsp3) is 0.0870. The van der Waals surface area contributed by atoms with E-state index in [0.29, 0.717) is 11.6 Å². The lowest BCUT2D eigenvalue weighted by Crippen LogP contribution is -2.15. The Balaban J connectivity index is 1.69. The van der Waals surface area contributed by atoms with Crippen molar-refractivity contribution in [2.24, 2.45) is 0 Å². The minimum Gasteiger partial charge on any atom is -0.456 e. The Labute approximate surface area is 194 Å². The number of ether oxygens (including phenoxy) is 1. The normalized spacial score (nSPS) is 11.4. The van der Waals surface area contributed by atoms with Crippen molar-refractivity contribution in [2.75, 3.05) is 11.1 Å². The molecule has 180 valence electrons. The lowest BCUT2D eigenvalue weighted by molar-refractivity contribution is -0.137. The van der Waals surface area contributed by atoms with Gasteiger partial charge in [-0.2, -0.15) is 18.2 Å². The van der Waals surface area contributed by atoms with Crippen LogP contribution in [-0.4, -0.2) is 21.1 Å². The summed E-state index contributed by atoms with van der Waals surface area (Å²) >= 11 is 0. The van der Waals surface area contributed by atoms with Gasteiger partial charge in [0.1, 0.15) is 23.1 Å².